The van der Waals surface area contributed by atoms with Crippen molar-refractivity contribution in [1.29, 1.82) is 0 Å². The Bertz CT molecular complexity index is 1040. The first kappa shape index (κ1) is 24.4. The average molecular weight is 481 g/mol. The molecule has 0 radical (unpaired) electrons. The summed E-state index contributed by atoms with van der Waals surface area (Å²) in [5, 5.41) is 3.25. The molecule has 2 aromatic rings. The molecule has 1 heterocycles. The van der Waals surface area contributed by atoms with Gasteiger partial charge in [-0.25, -0.2) is 8.42 Å². The summed E-state index contributed by atoms with van der Waals surface area (Å²) >= 11 is 6.19. The largest absolute Gasteiger partial charge is 0.497 e. The third-order valence-corrected chi connectivity index (χ3v) is 7.73. The molecule has 1 aliphatic rings. The Balaban J connectivity index is 1.68. The van der Waals surface area contributed by atoms with E-state index in [4.69, 9.17) is 21.1 Å². The van der Waals surface area contributed by atoms with Gasteiger partial charge in [0.2, 0.25) is 15.9 Å². The molecule has 0 bridgehead atoms. The van der Waals surface area contributed by atoms with Gasteiger partial charge >= 0.3 is 0 Å². The number of nitrogens with one attached hydrogen (secondary N) is 1. The van der Waals surface area contributed by atoms with Crippen molar-refractivity contribution in [3.8, 4) is 11.5 Å². The minimum absolute atomic E-state index is 0.0959. The standard InChI is InChI=1S/C23H29ClN2O5S/c1-4-31-22-12-11-20(14-21(22)24)32(28,29)26-13-5-6-18(15-26)23(27)25-16(2)17-7-9-19(30-3)10-8-17/h7-12,14,16,18H,4-6,13,15H2,1-3H3,(H,25,27)/t16-,18+/m1/s1. The maximum atomic E-state index is 13.2. The molecule has 174 valence electrons. The van der Waals surface area contributed by atoms with E-state index in [9.17, 15) is 13.2 Å². The van der Waals surface area contributed by atoms with Gasteiger partial charge in [-0.05, 0) is 62.6 Å². The third-order valence-electron chi connectivity index (χ3n) is 5.57. The number of hydrogen-bond donors (Lipinski definition) is 1. The van der Waals surface area contributed by atoms with E-state index in [1.807, 2.05) is 38.1 Å². The van der Waals surface area contributed by atoms with Crippen LogP contribution in [0.5, 0.6) is 11.5 Å². The number of amides is 1. The van der Waals surface area contributed by atoms with Crippen molar-refractivity contribution in [3.63, 3.8) is 0 Å². The lowest BCUT2D eigenvalue weighted by atomic mass is 9.98. The molecule has 1 N–H and O–H groups in total. The van der Waals surface area contributed by atoms with E-state index < -0.39 is 15.9 Å². The second-order valence-corrected chi connectivity index (χ2v) is 10.1. The highest BCUT2D eigenvalue weighted by Crippen LogP contribution is 2.30. The number of benzene rings is 2. The minimum atomic E-state index is -3.77. The van der Waals surface area contributed by atoms with E-state index in [-0.39, 0.29) is 28.4 Å². The van der Waals surface area contributed by atoms with Crippen LogP contribution in [0.2, 0.25) is 5.02 Å². The number of carbonyl (C=O) groups excluding carboxylic acids is 1. The Morgan fingerprint density at radius 1 is 1.25 bits per heavy atom. The number of carbonyl (C=O) groups is 1. The second kappa shape index (κ2) is 10.6. The van der Waals surface area contributed by atoms with E-state index >= 15 is 0 Å². The highest BCUT2D eigenvalue weighted by atomic mass is 35.5. The van der Waals surface area contributed by atoms with Crippen molar-refractivity contribution < 1.29 is 22.7 Å². The van der Waals surface area contributed by atoms with E-state index in [2.05, 4.69) is 5.32 Å². The predicted molar refractivity (Wildman–Crippen MR) is 124 cm³/mol. The minimum Gasteiger partial charge on any atom is -0.497 e. The first-order chi connectivity index (χ1) is 15.3. The molecule has 1 aliphatic heterocycles. The van der Waals surface area contributed by atoms with Gasteiger partial charge in [-0.1, -0.05) is 23.7 Å². The van der Waals surface area contributed by atoms with Crippen molar-refractivity contribution >= 4 is 27.5 Å². The molecule has 2 atom stereocenters. The summed E-state index contributed by atoms with van der Waals surface area (Å²) in [4.78, 5) is 13.0. The molecule has 0 aliphatic carbocycles. The molecule has 0 aromatic heterocycles. The number of piperidine rings is 1. The number of rotatable bonds is 8. The van der Waals surface area contributed by atoms with Crippen LogP contribution in [0.3, 0.4) is 0 Å². The Hall–Kier alpha value is -2.29. The molecule has 0 saturated carbocycles. The van der Waals surface area contributed by atoms with Gasteiger partial charge in [0, 0.05) is 13.1 Å². The van der Waals surface area contributed by atoms with Gasteiger partial charge in [0.15, 0.2) is 0 Å². The maximum Gasteiger partial charge on any atom is 0.243 e. The van der Waals surface area contributed by atoms with Crippen LogP contribution in [0, 0.1) is 5.92 Å². The molecule has 2 aromatic carbocycles. The van der Waals surface area contributed by atoms with Gasteiger partial charge < -0.3 is 14.8 Å². The van der Waals surface area contributed by atoms with Gasteiger partial charge in [-0.15, -0.1) is 0 Å². The summed E-state index contributed by atoms with van der Waals surface area (Å²) in [5.74, 6) is 0.613. The highest BCUT2D eigenvalue weighted by molar-refractivity contribution is 7.89. The monoisotopic (exact) mass is 480 g/mol. The van der Waals surface area contributed by atoms with Crippen LogP contribution in [-0.4, -0.2) is 45.4 Å². The van der Waals surface area contributed by atoms with Crippen molar-refractivity contribution in [1.82, 2.24) is 9.62 Å². The lowest BCUT2D eigenvalue weighted by molar-refractivity contribution is -0.126. The smallest absolute Gasteiger partial charge is 0.243 e. The van der Waals surface area contributed by atoms with Crippen molar-refractivity contribution in [2.75, 3.05) is 26.8 Å². The van der Waals surface area contributed by atoms with Crippen LogP contribution in [0.4, 0.5) is 0 Å². The van der Waals surface area contributed by atoms with E-state index in [1.165, 1.54) is 16.4 Å². The van der Waals surface area contributed by atoms with Gasteiger partial charge in [-0.3, -0.25) is 4.79 Å². The number of nitrogens with zero attached hydrogens (tertiary/aromatic N) is 1. The van der Waals surface area contributed by atoms with Crippen molar-refractivity contribution in [3.05, 3.63) is 53.1 Å². The lowest BCUT2D eigenvalue weighted by Gasteiger charge is -2.32. The first-order valence-electron chi connectivity index (χ1n) is 10.6. The summed E-state index contributed by atoms with van der Waals surface area (Å²) in [6, 6.07) is 11.7. The average Bonchev–Trinajstić information content (AvgIpc) is 2.80. The number of hydrogen-bond acceptors (Lipinski definition) is 5. The van der Waals surface area contributed by atoms with Crippen LogP contribution in [0.15, 0.2) is 47.4 Å². The molecule has 32 heavy (non-hydrogen) atoms. The summed E-state index contributed by atoms with van der Waals surface area (Å²) < 4.78 is 38.2. The fourth-order valence-electron chi connectivity index (χ4n) is 3.75. The molecule has 1 fully saturated rings. The summed E-state index contributed by atoms with van der Waals surface area (Å²) in [6.45, 7) is 4.66. The van der Waals surface area contributed by atoms with E-state index in [0.29, 0.717) is 31.7 Å². The summed E-state index contributed by atoms with van der Waals surface area (Å²) in [7, 11) is -2.17. The van der Waals surface area contributed by atoms with E-state index in [1.54, 1.807) is 13.2 Å². The van der Waals surface area contributed by atoms with Crippen LogP contribution in [0.25, 0.3) is 0 Å². The van der Waals surface area contributed by atoms with Crippen LogP contribution in [-0.2, 0) is 14.8 Å². The zero-order chi connectivity index (χ0) is 23.3. The van der Waals surface area contributed by atoms with E-state index in [0.717, 1.165) is 11.3 Å². The fraction of sp³-hybridized carbons (Fsp3) is 0.435. The fourth-order valence-corrected chi connectivity index (χ4v) is 5.60. The van der Waals surface area contributed by atoms with Gasteiger partial charge in [-0.2, -0.15) is 4.31 Å². The number of methoxy groups -OCH3 is 1. The molecule has 7 nitrogen and oxygen atoms in total. The highest BCUT2D eigenvalue weighted by Gasteiger charge is 2.34. The number of ether oxygens (including phenoxy) is 2. The molecule has 0 spiro atoms. The summed E-state index contributed by atoms with van der Waals surface area (Å²) in [5.41, 5.74) is 0.948. The number of sulfonamides is 1. The molecule has 1 amide bonds. The normalized spacial score (nSPS) is 18.1. The van der Waals surface area contributed by atoms with Crippen molar-refractivity contribution in [2.24, 2.45) is 5.92 Å². The lowest BCUT2D eigenvalue weighted by Crippen LogP contribution is -2.45. The van der Waals surface area contributed by atoms with Crippen LogP contribution < -0.4 is 14.8 Å². The molecule has 0 unspecified atom stereocenters. The second-order valence-electron chi connectivity index (χ2n) is 7.73. The maximum absolute atomic E-state index is 13.2. The molecular formula is C23H29ClN2O5S. The Morgan fingerprint density at radius 2 is 1.97 bits per heavy atom. The Labute approximate surface area is 194 Å². The predicted octanol–water partition coefficient (Wildman–Crippen LogP) is 4.03. The summed E-state index contributed by atoms with van der Waals surface area (Å²) in [6.07, 6.45) is 1.25. The van der Waals surface area contributed by atoms with Gasteiger partial charge in [0.05, 0.1) is 35.6 Å². The van der Waals surface area contributed by atoms with Crippen LogP contribution >= 0.6 is 11.6 Å². The third kappa shape index (κ3) is 5.54. The first-order valence-corrected chi connectivity index (χ1v) is 12.4. The zero-order valence-corrected chi connectivity index (χ0v) is 20.1. The van der Waals surface area contributed by atoms with Gasteiger partial charge in [0.25, 0.3) is 0 Å². The Kier molecular flexibility index (Phi) is 8.03. The molecular weight excluding hydrogens is 452 g/mol. The quantitative estimate of drug-likeness (QED) is 0.616. The molecule has 9 heteroatoms. The zero-order valence-electron chi connectivity index (χ0n) is 18.5. The van der Waals surface area contributed by atoms with Crippen LogP contribution in [0.1, 0.15) is 38.3 Å². The van der Waals surface area contributed by atoms with Crippen molar-refractivity contribution in [2.45, 2.75) is 37.6 Å². The van der Waals surface area contributed by atoms with Gasteiger partial charge in [0.1, 0.15) is 11.5 Å². The molecule has 3 rings (SSSR count). The molecule has 1 saturated heterocycles. The topological polar surface area (TPSA) is 84.9 Å². The SMILES string of the molecule is CCOc1ccc(S(=O)(=O)N2CCC[C@H](C(=O)N[C@H](C)c3ccc(OC)cc3)C2)cc1Cl. The Morgan fingerprint density at radius 3 is 2.59 bits per heavy atom. The number of halogens is 1.